The predicted octanol–water partition coefficient (Wildman–Crippen LogP) is 2.22. The largest absolute Gasteiger partial charge is 0.486 e. The van der Waals surface area contributed by atoms with E-state index in [1.165, 1.54) is 0 Å². The van der Waals surface area contributed by atoms with Gasteiger partial charge in [-0.05, 0) is 36.1 Å². The molecule has 3 rings (SSSR count). The third-order valence-corrected chi connectivity index (χ3v) is 3.12. The quantitative estimate of drug-likeness (QED) is 0.540. The number of benzene rings is 2. The van der Waals surface area contributed by atoms with Gasteiger partial charge in [-0.3, -0.25) is 5.41 Å². The third kappa shape index (κ3) is 2.03. The van der Waals surface area contributed by atoms with E-state index in [2.05, 4.69) is 5.32 Å². The molecule has 98 valence electrons. The molecule has 19 heavy (non-hydrogen) atoms. The Hall–Kier alpha value is -2.43. The SMILES string of the molecule is Cc1cc(NC(=N)N)cc2c3c(ccc12)OCCO3. The van der Waals surface area contributed by atoms with Gasteiger partial charge in [-0.15, -0.1) is 0 Å². The van der Waals surface area contributed by atoms with E-state index >= 15 is 0 Å². The molecule has 0 amide bonds. The number of ether oxygens (including phenoxy) is 2. The van der Waals surface area contributed by atoms with Crippen molar-refractivity contribution in [1.29, 1.82) is 5.41 Å². The van der Waals surface area contributed by atoms with Gasteiger partial charge in [0.2, 0.25) is 0 Å². The van der Waals surface area contributed by atoms with Crippen LogP contribution < -0.4 is 20.5 Å². The van der Waals surface area contributed by atoms with Gasteiger partial charge in [-0.2, -0.15) is 0 Å². The van der Waals surface area contributed by atoms with E-state index in [0.29, 0.717) is 13.2 Å². The van der Waals surface area contributed by atoms with Crippen LogP contribution in [-0.2, 0) is 0 Å². The van der Waals surface area contributed by atoms with E-state index in [0.717, 1.165) is 33.5 Å². The summed E-state index contributed by atoms with van der Waals surface area (Å²) in [7, 11) is 0. The number of nitrogens with two attached hydrogens (primary N) is 1. The zero-order chi connectivity index (χ0) is 13.4. The van der Waals surface area contributed by atoms with E-state index < -0.39 is 0 Å². The van der Waals surface area contributed by atoms with Crippen LogP contribution in [-0.4, -0.2) is 19.2 Å². The standard InChI is InChI=1S/C14H15N3O2/c1-8-6-9(17-14(15)16)7-11-10(8)2-3-12-13(11)19-5-4-18-12/h2-3,6-7H,4-5H2,1H3,(H4,15,16,17). The van der Waals surface area contributed by atoms with E-state index in [9.17, 15) is 0 Å². The Kier molecular flexibility index (Phi) is 2.67. The molecule has 0 saturated heterocycles. The van der Waals surface area contributed by atoms with Crippen LogP contribution >= 0.6 is 0 Å². The molecule has 0 spiro atoms. The molecule has 0 saturated carbocycles. The van der Waals surface area contributed by atoms with Crippen LogP contribution in [0.5, 0.6) is 11.5 Å². The number of rotatable bonds is 1. The summed E-state index contributed by atoms with van der Waals surface area (Å²) in [4.78, 5) is 0. The van der Waals surface area contributed by atoms with Gasteiger partial charge in [0.25, 0.3) is 0 Å². The molecule has 2 aromatic rings. The highest BCUT2D eigenvalue weighted by Gasteiger charge is 2.16. The lowest BCUT2D eigenvalue weighted by molar-refractivity contribution is 0.174. The lowest BCUT2D eigenvalue weighted by Crippen LogP contribution is -2.20. The normalized spacial score (nSPS) is 13.3. The number of hydrogen-bond donors (Lipinski definition) is 3. The highest BCUT2D eigenvalue weighted by molar-refractivity contribution is 5.98. The first-order chi connectivity index (χ1) is 9.15. The van der Waals surface area contributed by atoms with Gasteiger partial charge in [-0.1, -0.05) is 6.07 Å². The summed E-state index contributed by atoms with van der Waals surface area (Å²) in [6, 6.07) is 7.84. The van der Waals surface area contributed by atoms with Crippen LogP contribution in [0.15, 0.2) is 24.3 Å². The minimum absolute atomic E-state index is 0.0827. The highest BCUT2D eigenvalue weighted by Crippen LogP contribution is 2.39. The zero-order valence-electron chi connectivity index (χ0n) is 10.6. The van der Waals surface area contributed by atoms with Gasteiger partial charge < -0.3 is 20.5 Å². The first kappa shape index (κ1) is 11.6. The minimum Gasteiger partial charge on any atom is -0.486 e. The summed E-state index contributed by atoms with van der Waals surface area (Å²) in [6.45, 7) is 3.14. The van der Waals surface area contributed by atoms with Gasteiger partial charge in [-0.25, -0.2) is 0 Å². The molecule has 0 unspecified atom stereocenters. The smallest absolute Gasteiger partial charge is 0.190 e. The maximum atomic E-state index is 7.31. The lowest BCUT2D eigenvalue weighted by Gasteiger charge is -2.21. The summed E-state index contributed by atoms with van der Waals surface area (Å²) in [5.41, 5.74) is 7.25. The maximum Gasteiger partial charge on any atom is 0.190 e. The van der Waals surface area contributed by atoms with Crippen LogP contribution in [0.4, 0.5) is 5.69 Å². The molecule has 1 aliphatic heterocycles. The third-order valence-electron chi connectivity index (χ3n) is 3.12. The molecule has 1 heterocycles. The average Bonchev–Trinajstić information content (AvgIpc) is 2.38. The molecule has 0 aliphatic carbocycles. The number of guanidine groups is 1. The van der Waals surface area contributed by atoms with Crippen molar-refractivity contribution < 1.29 is 9.47 Å². The molecule has 2 aromatic carbocycles. The molecule has 5 nitrogen and oxygen atoms in total. The molecule has 0 radical (unpaired) electrons. The molecule has 4 N–H and O–H groups in total. The highest BCUT2D eigenvalue weighted by atomic mass is 16.6. The molecular weight excluding hydrogens is 242 g/mol. The van der Waals surface area contributed by atoms with Crippen molar-refractivity contribution in [3.63, 3.8) is 0 Å². The van der Waals surface area contributed by atoms with E-state index in [-0.39, 0.29) is 5.96 Å². The molecular formula is C14H15N3O2. The Balaban J connectivity index is 2.22. The number of anilines is 1. The number of nitrogens with one attached hydrogen (secondary N) is 2. The molecule has 0 atom stereocenters. The Labute approximate surface area is 110 Å². The van der Waals surface area contributed by atoms with Crippen LogP contribution in [0.3, 0.4) is 0 Å². The summed E-state index contributed by atoms with van der Waals surface area (Å²) < 4.78 is 11.3. The molecule has 0 aromatic heterocycles. The summed E-state index contributed by atoms with van der Waals surface area (Å²) in [5, 5.41) is 12.2. The lowest BCUT2D eigenvalue weighted by atomic mass is 10.0. The van der Waals surface area contributed by atoms with E-state index in [1.54, 1.807) is 0 Å². The van der Waals surface area contributed by atoms with Crippen molar-refractivity contribution >= 4 is 22.4 Å². The zero-order valence-corrected chi connectivity index (χ0v) is 10.6. The Morgan fingerprint density at radius 1 is 1.21 bits per heavy atom. The Morgan fingerprint density at radius 3 is 2.79 bits per heavy atom. The monoisotopic (exact) mass is 257 g/mol. The van der Waals surface area contributed by atoms with E-state index in [4.69, 9.17) is 20.6 Å². The van der Waals surface area contributed by atoms with Gasteiger partial charge in [0, 0.05) is 11.1 Å². The van der Waals surface area contributed by atoms with E-state index in [1.807, 2.05) is 31.2 Å². The second-order valence-corrected chi connectivity index (χ2v) is 4.52. The van der Waals surface area contributed by atoms with Gasteiger partial charge in [0.05, 0.1) is 0 Å². The topological polar surface area (TPSA) is 80.4 Å². The van der Waals surface area contributed by atoms with Crippen LogP contribution in [0.1, 0.15) is 5.56 Å². The first-order valence-corrected chi connectivity index (χ1v) is 6.09. The average molecular weight is 257 g/mol. The minimum atomic E-state index is -0.0827. The Morgan fingerprint density at radius 2 is 2.00 bits per heavy atom. The van der Waals surface area contributed by atoms with Crippen molar-refractivity contribution in [2.24, 2.45) is 5.73 Å². The van der Waals surface area contributed by atoms with Crippen LogP contribution in [0.2, 0.25) is 0 Å². The summed E-state index contributed by atoms with van der Waals surface area (Å²) in [6.07, 6.45) is 0. The van der Waals surface area contributed by atoms with Gasteiger partial charge in [0.15, 0.2) is 17.5 Å². The fraction of sp³-hybridized carbons (Fsp3) is 0.214. The van der Waals surface area contributed by atoms with Gasteiger partial charge in [0.1, 0.15) is 13.2 Å². The second-order valence-electron chi connectivity index (χ2n) is 4.52. The molecule has 1 aliphatic rings. The van der Waals surface area contributed by atoms with Crippen molar-refractivity contribution in [2.45, 2.75) is 6.92 Å². The second kappa shape index (κ2) is 4.35. The summed E-state index contributed by atoms with van der Waals surface area (Å²) in [5.74, 6) is 1.44. The first-order valence-electron chi connectivity index (χ1n) is 6.09. The Bertz CT molecular complexity index is 667. The number of hydrogen-bond acceptors (Lipinski definition) is 3. The van der Waals surface area contributed by atoms with Crippen molar-refractivity contribution in [2.75, 3.05) is 18.5 Å². The molecule has 0 fully saturated rings. The predicted molar refractivity (Wildman–Crippen MR) is 75.2 cm³/mol. The van der Waals surface area contributed by atoms with Crippen molar-refractivity contribution in [1.82, 2.24) is 0 Å². The summed E-state index contributed by atoms with van der Waals surface area (Å²) >= 11 is 0. The number of aryl methyl sites for hydroxylation is 1. The van der Waals surface area contributed by atoms with Crippen molar-refractivity contribution in [3.8, 4) is 11.5 Å². The van der Waals surface area contributed by atoms with Crippen LogP contribution in [0, 0.1) is 12.3 Å². The van der Waals surface area contributed by atoms with Crippen molar-refractivity contribution in [3.05, 3.63) is 29.8 Å². The fourth-order valence-corrected chi connectivity index (χ4v) is 2.36. The van der Waals surface area contributed by atoms with Gasteiger partial charge >= 0.3 is 0 Å². The fourth-order valence-electron chi connectivity index (χ4n) is 2.36. The molecule has 5 heteroatoms. The number of fused-ring (bicyclic) bond motifs is 3. The van der Waals surface area contributed by atoms with Crippen LogP contribution in [0.25, 0.3) is 10.8 Å². The maximum absolute atomic E-state index is 7.31. The molecule has 0 bridgehead atoms.